The van der Waals surface area contributed by atoms with Crippen LogP contribution < -0.4 is 0 Å². The first-order valence-corrected chi connectivity index (χ1v) is 6.92. The van der Waals surface area contributed by atoms with Crippen LogP contribution in [0.5, 0.6) is 0 Å². The van der Waals surface area contributed by atoms with Gasteiger partial charge in [-0.2, -0.15) is 0 Å². The third kappa shape index (κ3) is 4.14. The van der Waals surface area contributed by atoms with Crippen molar-refractivity contribution in [3.8, 4) is 0 Å². The minimum absolute atomic E-state index is 0.414. The summed E-state index contributed by atoms with van der Waals surface area (Å²) in [6.07, 6.45) is 10.8. The molecule has 0 aromatic carbocycles. The zero-order valence-electron chi connectivity index (χ0n) is 10.5. The van der Waals surface area contributed by atoms with Gasteiger partial charge in [0, 0.05) is 6.61 Å². The third-order valence-electron chi connectivity index (χ3n) is 4.15. The van der Waals surface area contributed by atoms with Gasteiger partial charge in [0.05, 0.1) is 0 Å². The van der Waals surface area contributed by atoms with Gasteiger partial charge in [-0.3, -0.25) is 0 Å². The normalized spacial score (nSPS) is 29.0. The smallest absolute Gasteiger partial charge is 0.0461 e. The molecule has 1 saturated carbocycles. The fourth-order valence-electron chi connectivity index (χ4n) is 3.20. The standard InChI is InChI=1S/C14H28O/c1-3-5-12-7-9-13(10-8-12)14(11-15)6-4-2/h12-15H,3-11H2,1-2H3. The Kier molecular flexibility index (Phi) is 6.31. The summed E-state index contributed by atoms with van der Waals surface area (Å²) in [6.45, 7) is 4.93. The molecule has 0 saturated heterocycles. The first kappa shape index (κ1) is 13.0. The van der Waals surface area contributed by atoms with Crippen molar-refractivity contribution in [2.45, 2.75) is 65.2 Å². The van der Waals surface area contributed by atoms with E-state index < -0.39 is 0 Å². The van der Waals surface area contributed by atoms with Crippen LogP contribution in [0.4, 0.5) is 0 Å². The molecule has 15 heavy (non-hydrogen) atoms. The molecule has 1 nitrogen and oxygen atoms in total. The fourth-order valence-corrected chi connectivity index (χ4v) is 3.20. The molecule has 0 amide bonds. The summed E-state index contributed by atoms with van der Waals surface area (Å²) in [5, 5.41) is 9.38. The average molecular weight is 212 g/mol. The lowest BCUT2D eigenvalue weighted by Gasteiger charge is -2.33. The number of aliphatic hydroxyl groups is 1. The molecule has 1 rings (SSSR count). The van der Waals surface area contributed by atoms with Crippen LogP contribution >= 0.6 is 0 Å². The van der Waals surface area contributed by atoms with E-state index in [1.165, 1.54) is 51.4 Å². The van der Waals surface area contributed by atoms with Crippen LogP contribution in [-0.4, -0.2) is 11.7 Å². The maximum atomic E-state index is 9.38. The Balaban J connectivity index is 2.28. The van der Waals surface area contributed by atoms with Gasteiger partial charge in [0.15, 0.2) is 0 Å². The van der Waals surface area contributed by atoms with E-state index >= 15 is 0 Å². The molecule has 0 spiro atoms. The molecule has 0 bridgehead atoms. The molecule has 0 heterocycles. The molecule has 0 aromatic heterocycles. The predicted octanol–water partition coefficient (Wildman–Crippen LogP) is 4.00. The zero-order valence-corrected chi connectivity index (χ0v) is 10.5. The molecule has 0 aliphatic heterocycles. The Hall–Kier alpha value is -0.0400. The number of rotatable bonds is 6. The van der Waals surface area contributed by atoms with Gasteiger partial charge in [-0.1, -0.05) is 46.0 Å². The summed E-state index contributed by atoms with van der Waals surface area (Å²) < 4.78 is 0. The van der Waals surface area contributed by atoms with Crippen LogP contribution in [0, 0.1) is 17.8 Å². The van der Waals surface area contributed by atoms with Gasteiger partial charge >= 0.3 is 0 Å². The SMILES string of the molecule is CCCC1CCC(C(CO)CCC)CC1. The minimum atomic E-state index is 0.414. The van der Waals surface area contributed by atoms with E-state index in [0.29, 0.717) is 12.5 Å². The molecule has 1 atom stereocenters. The van der Waals surface area contributed by atoms with Gasteiger partial charge in [-0.15, -0.1) is 0 Å². The lowest BCUT2D eigenvalue weighted by molar-refractivity contribution is 0.122. The highest BCUT2D eigenvalue weighted by molar-refractivity contribution is 4.77. The molecule has 1 N–H and O–H groups in total. The highest BCUT2D eigenvalue weighted by Crippen LogP contribution is 2.36. The van der Waals surface area contributed by atoms with Crippen molar-refractivity contribution in [1.29, 1.82) is 0 Å². The Bertz CT molecular complexity index is 147. The fraction of sp³-hybridized carbons (Fsp3) is 1.00. The summed E-state index contributed by atoms with van der Waals surface area (Å²) in [4.78, 5) is 0. The van der Waals surface area contributed by atoms with Crippen molar-refractivity contribution in [1.82, 2.24) is 0 Å². The van der Waals surface area contributed by atoms with E-state index in [4.69, 9.17) is 0 Å². The Morgan fingerprint density at radius 1 is 1.07 bits per heavy atom. The van der Waals surface area contributed by atoms with Gasteiger partial charge in [-0.05, 0) is 37.0 Å². The van der Waals surface area contributed by atoms with Crippen LogP contribution in [0.1, 0.15) is 65.2 Å². The van der Waals surface area contributed by atoms with Crippen molar-refractivity contribution < 1.29 is 5.11 Å². The highest BCUT2D eigenvalue weighted by atomic mass is 16.3. The van der Waals surface area contributed by atoms with E-state index in [1.54, 1.807) is 0 Å². The lowest BCUT2D eigenvalue weighted by atomic mass is 9.74. The maximum absolute atomic E-state index is 9.38. The van der Waals surface area contributed by atoms with Crippen LogP contribution in [0.2, 0.25) is 0 Å². The molecule has 1 fully saturated rings. The third-order valence-corrected chi connectivity index (χ3v) is 4.15. The molecule has 1 unspecified atom stereocenters. The molecular formula is C14H28O. The monoisotopic (exact) mass is 212 g/mol. The van der Waals surface area contributed by atoms with E-state index in [0.717, 1.165) is 11.8 Å². The van der Waals surface area contributed by atoms with E-state index in [1.807, 2.05) is 0 Å². The molecule has 1 aliphatic carbocycles. The van der Waals surface area contributed by atoms with Crippen molar-refractivity contribution in [2.75, 3.05) is 6.61 Å². The molecular weight excluding hydrogens is 184 g/mol. The summed E-state index contributed by atoms with van der Waals surface area (Å²) >= 11 is 0. The molecule has 1 heteroatoms. The number of hydrogen-bond acceptors (Lipinski definition) is 1. The summed E-state index contributed by atoms with van der Waals surface area (Å²) in [5.74, 6) is 2.41. The van der Waals surface area contributed by atoms with Crippen LogP contribution in [-0.2, 0) is 0 Å². The zero-order chi connectivity index (χ0) is 11.1. The number of aliphatic hydroxyl groups excluding tert-OH is 1. The molecule has 90 valence electrons. The second-order valence-corrected chi connectivity index (χ2v) is 5.30. The lowest BCUT2D eigenvalue weighted by Crippen LogP contribution is -2.24. The van der Waals surface area contributed by atoms with Crippen molar-refractivity contribution >= 4 is 0 Å². The molecule has 1 aliphatic rings. The van der Waals surface area contributed by atoms with Gasteiger partial charge in [0.2, 0.25) is 0 Å². The van der Waals surface area contributed by atoms with E-state index in [2.05, 4.69) is 13.8 Å². The van der Waals surface area contributed by atoms with Gasteiger partial charge in [0.25, 0.3) is 0 Å². The Morgan fingerprint density at radius 2 is 1.73 bits per heavy atom. The second kappa shape index (κ2) is 7.27. The molecule has 0 radical (unpaired) electrons. The van der Waals surface area contributed by atoms with Gasteiger partial charge in [0.1, 0.15) is 0 Å². The van der Waals surface area contributed by atoms with Crippen LogP contribution in [0.3, 0.4) is 0 Å². The van der Waals surface area contributed by atoms with Crippen molar-refractivity contribution in [3.05, 3.63) is 0 Å². The topological polar surface area (TPSA) is 20.2 Å². The van der Waals surface area contributed by atoms with Gasteiger partial charge in [-0.25, -0.2) is 0 Å². The Morgan fingerprint density at radius 3 is 2.20 bits per heavy atom. The van der Waals surface area contributed by atoms with Crippen LogP contribution in [0.25, 0.3) is 0 Å². The quantitative estimate of drug-likeness (QED) is 0.705. The summed E-state index contributed by atoms with van der Waals surface area (Å²) in [5.41, 5.74) is 0. The van der Waals surface area contributed by atoms with Crippen molar-refractivity contribution in [2.24, 2.45) is 17.8 Å². The first-order valence-electron chi connectivity index (χ1n) is 6.92. The molecule has 0 aromatic rings. The highest BCUT2D eigenvalue weighted by Gasteiger charge is 2.26. The van der Waals surface area contributed by atoms with Crippen molar-refractivity contribution in [3.63, 3.8) is 0 Å². The first-order chi connectivity index (χ1) is 7.31. The largest absolute Gasteiger partial charge is 0.396 e. The minimum Gasteiger partial charge on any atom is -0.396 e. The summed E-state index contributed by atoms with van der Waals surface area (Å²) in [6, 6.07) is 0. The maximum Gasteiger partial charge on any atom is 0.0461 e. The van der Waals surface area contributed by atoms with Crippen LogP contribution in [0.15, 0.2) is 0 Å². The number of hydrogen-bond donors (Lipinski definition) is 1. The Labute approximate surface area is 95.3 Å². The average Bonchev–Trinajstić information content (AvgIpc) is 2.28. The summed E-state index contributed by atoms with van der Waals surface area (Å²) in [7, 11) is 0. The van der Waals surface area contributed by atoms with E-state index in [9.17, 15) is 5.11 Å². The van der Waals surface area contributed by atoms with Gasteiger partial charge < -0.3 is 5.11 Å². The predicted molar refractivity (Wildman–Crippen MR) is 65.8 cm³/mol. The van der Waals surface area contributed by atoms with E-state index in [-0.39, 0.29) is 0 Å². The second-order valence-electron chi connectivity index (χ2n) is 5.30.